The van der Waals surface area contributed by atoms with Crippen molar-refractivity contribution in [3.63, 3.8) is 0 Å². The molecular weight excluding hydrogens is 262 g/mol. The molecule has 0 aliphatic carbocycles. The molecule has 0 saturated heterocycles. The van der Waals surface area contributed by atoms with Gasteiger partial charge in [-0.15, -0.1) is 29.8 Å². The van der Waals surface area contributed by atoms with E-state index in [1.54, 1.807) is 0 Å². The summed E-state index contributed by atoms with van der Waals surface area (Å²) in [6.45, 7) is 2.18. The molecule has 0 aliphatic heterocycles. The maximum absolute atomic E-state index is 2.20. The summed E-state index contributed by atoms with van der Waals surface area (Å²) in [7, 11) is 4.17. The van der Waals surface area contributed by atoms with Crippen LogP contribution in [0.25, 0.3) is 6.08 Å². The van der Waals surface area contributed by atoms with Gasteiger partial charge in [-0.05, 0) is 20.1 Å². The van der Waals surface area contributed by atoms with Gasteiger partial charge in [0, 0.05) is 0 Å². The van der Waals surface area contributed by atoms with Gasteiger partial charge in [-0.1, -0.05) is 6.92 Å². The van der Waals surface area contributed by atoms with E-state index < -0.39 is 0 Å². The van der Waals surface area contributed by atoms with Crippen molar-refractivity contribution >= 4 is 6.08 Å². The zero-order valence-electron chi connectivity index (χ0n) is 11.2. The molecule has 2 rings (SSSR count). The van der Waals surface area contributed by atoms with Crippen LogP contribution in [0.3, 0.4) is 0 Å². The van der Waals surface area contributed by atoms with Crippen LogP contribution in [0, 0.1) is 0 Å². The van der Waals surface area contributed by atoms with E-state index in [1.165, 1.54) is 5.56 Å². The van der Waals surface area contributed by atoms with Gasteiger partial charge in [0.1, 0.15) is 0 Å². The normalized spacial score (nSPS) is 11.8. The fraction of sp³-hybridized carbons (Fsp3) is 0.250. The third-order valence-corrected chi connectivity index (χ3v) is 2.63. The molecule has 2 aromatic carbocycles. The van der Waals surface area contributed by atoms with Crippen molar-refractivity contribution < 1.29 is 17.1 Å². The first-order valence-electron chi connectivity index (χ1n) is 5.93. The molecule has 0 heterocycles. The van der Waals surface area contributed by atoms with Crippen LogP contribution in [0.15, 0.2) is 60.7 Å². The van der Waals surface area contributed by atoms with Crippen LogP contribution in [0.5, 0.6) is 0 Å². The molecule has 0 saturated carbocycles. The van der Waals surface area contributed by atoms with E-state index in [4.69, 9.17) is 0 Å². The van der Waals surface area contributed by atoms with Gasteiger partial charge < -0.3 is 4.90 Å². The van der Waals surface area contributed by atoms with Crippen LogP contribution < -0.4 is 0 Å². The largest absolute Gasteiger partial charge is 2.00 e. The average molecular weight is 283 g/mol. The Balaban J connectivity index is 0.000000405. The summed E-state index contributed by atoms with van der Waals surface area (Å²) in [6.07, 6.45) is 4.36. The summed E-state index contributed by atoms with van der Waals surface area (Å²) in [4.78, 5) is 2.18. The molecule has 0 bridgehead atoms. The zero-order chi connectivity index (χ0) is 12.5. The monoisotopic (exact) mass is 283 g/mol. The van der Waals surface area contributed by atoms with Gasteiger partial charge in [0.05, 0.1) is 0 Å². The van der Waals surface area contributed by atoms with E-state index >= 15 is 0 Å². The average Bonchev–Trinajstić information content (AvgIpc) is 3.00. The quantitative estimate of drug-likeness (QED) is 0.612. The maximum atomic E-state index is 2.20. The van der Waals surface area contributed by atoms with Gasteiger partial charge in [0.25, 0.3) is 0 Å². The molecule has 1 nitrogen and oxygen atoms in total. The molecule has 2 heteroatoms. The van der Waals surface area contributed by atoms with Crippen molar-refractivity contribution in [3.05, 3.63) is 66.2 Å². The molecule has 0 amide bonds. The number of nitrogens with zero attached hydrogens (tertiary/aromatic N) is 1. The van der Waals surface area contributed by atoms with Crippen molar-refractivity contribution in [2.45, 2.75) is 13.0 Å². The summed E-state index contributed by atoms with van der Waals surface area (Å²) < 4.78 is 0. The number of likely N-dealkylation sites (N-methyl/N-ethyl adjacent to an activating group) is 1. The molecule has 2 aromatic rings. The molecular formula is C16H21FeN. The maximum Gasteiger partial charge on any atom is 2.00 e. The SMILES string of the molecule is CC(/C=C/[c-]1cccc1)N(C)C.[Fe+2].c1cc[cH-]c1. The molecule has 0 radical (unpaired) electrons. The number of hydrogen-bond acceptors (Lipinski definition) is 1. The van der Waals surface area contributed by atoms with E-state index in [0.717, 1.165) is 0 Å². The van der Waals surface area contributed by atoms with E-state index in [9.17, 15) is 0 Å². The summed E-state index contributed by atoms with van der Waals surface area (Å²) >= 11 is 0. The number of hydrogen-bond donors (Lipinski definition) is 0. The Kier molecular flexibility index (Phi) is 9.31. The van der Waals surface area contributed by atoms with Crippen LogP contribution in [-0.4, -0.2) is 25.0 Å². The van der Waals surface area contributed by atoms with E-state index in [1.807, 2.05) is 30.3 Å². The molecule has 1 unspecified atom stereocenters. The van der Waals surface area contributed by atoms with Crippen LogP contribution in [0.4, 0.5) is 0 Å². The molecule has 0 spiro atoms. The molecule has 18 heavy (non-hydrogen) atoms. The Hall–Kier alpha value is -1.08. The first-order valence-corrected chi connectivity index (χ1v) is 5.93. The van der Waals surface area contributed by atoms with Crippen molar-refractivity contribution in [1.29, 1.82) is 0 Å². The summed E-state index contributed by atoms with van der Waals surface area (Å²) in [5.74, 6) is 0. The molecule has 98 valence electrons. The van der Waals surface area contributed by atoms with E-state index in [2.05, 4.69) is 62.3 Å². The predicted molar refractivity (Wildman–Crippen MR) is 76.3 cm³/mol. The molecule has 0 aromatic heterocycles. The van der Waals surface area contributed by atoms with Crippen LogP contribution in [0.1, 0.15) is 12.5 Å². The second-order valence-corrected chi connectivity index (χ2v) is 4.24. The fourth-order valence-corrected chi connectivity index (χ4v) is 1.24. The van der Waals surface area contributed by atoms with Crippen LogP contribution in [-0.2, 0) is 17.1 Å². The van der Waals surface area contributed by atoms with Gasteiger partial charge in [-0.2, -0.15) is 30.3 Å². The Morgan fingerprint density at radius 1 is 1.06 bits per heavy atom. The first kappa shape index (κ1) is 16.9. The Morgan fingerprint density at radius 3 is 2.00 bits per heavy atom. The smallest absolute Gasteiger partial charge is 0.311 e. The van der Waals surface area contributed by atoms with Gasteiger partial charge in [0.2, 0.25) is 0 Å². The van der Waals surface area contributed by atoms with Gasteiger partial charge in [-0.3, -0.25) is 0 Å². The summed E-state index contributed by atoms with van der Waals surface area (Å²) in [5, 5.41) is 0. The Bertz CT molecular complexity index is 367. The van der Waals surface area contributed by atoms with Gasteiger partial charge in [0.15, 0.2) is 0 Å². The minimum atomic E-state index is 0. The third-order valence-electron chi connectivity index (χ3n) is 2.63. The zero-order valence-corrected chi connectivity index (χ0v) is 12.3. The van der Waals surface area contributed by atoms with Gasteiger partial charge in [-0.25, -0.2) is 12.1 Å². The van der Waals surface area contributed by atoms with E-state index in [-0.39, 0.29) is 17.1 Å². The third kappa shape index (κ3) is 7.29. The van der Waals surface area contributed by atoms with E-state index in [0.29, 0.717) is 6.04 Å². The van der Waals surface area contributed by atoms with Crippen molar-refractivity contribution in [2.75, 3.05) is 14.1 Å². The molecule has 0 aliphatic rings. The van der Waals surface area contributed by atoms with Crippen molar-refractivity contribution in [1.82, 2.24) is 4.90 Å². The van der Waals surface area contributed by atoms with Gasteiger partial charge >= 0.3 is 17.1 Å². The Morgan fingerprint density at radius 2 is 1.61 bits per heavy atom. The minimum absolute atomic E-state index is 0. The summed E-state index contributed by atoms with van der Waals surface area (Å²) in [6, 6.07) is 18.8. The molecule has 1 atom stereocenters. The molecule has 0 fully saturated rings. The van der Waals surface area contributed by atoms with Crippen LogP contribution in [0.2, 0.25) is 0 Å². The standard InChI is InChI=1S/C11H16N.C5H5.Fe/c1-10(12(2)3)8-9-11-6-4-5-7-11;1-2-4-5-3-1;/h4-10H,1-3H3;1-5H;/q2*-1;+2/b9-8+;;. The Labute approximate surface area is 121 Å². The fourth-order valence-electron chi connectivity index (χ4n) is 1.24. The first-order chi connectivity index (χ1) is 8.20. The predicted octanol–water partition coefficient (Wildman–Crippen LogP) is 3.77. The second-order valence-electron chi connectivity index (χ2n) is 4.24. The topological polar surface area (TPSA) is 3.24 Å². The number of rotatable bonds is 3. The van der Waals surface area contributed by atoms with Crippen molar-refractivity contribution in [3.8, 4) is 0 Å². The minimum Gasteiger partial charge on any atom is -0.311 e. The summed E-state index contributed by atoms with van der Waals surface area (Å²) in [5.41, 5.74) is 1.28. The molecule has 0 N–H and O–H groups in total. The second kappa shape index (κ2) is 9.90. The van der Waals surface area contributed by atoms with Crippen molar-refractivity contribution in [2.24, 2.45) is 0 Å². The van der Waals surface area contributed by atoms with Crippen LogP contribution >= 0.6 is 0 Å².